The predicted octanol–water partition coefficient (Wildman–Crippen LogP) is 4.08. The highest BCUT2D eigenvalue weighted by Crippen LogP contribution is 2.21. The van der Waals surface area contributed by atoms with Crippen molar-refractivity contribution in [2.75, 3.05) is 31.2 Å². The van der Waals surface area contributed by atoms with Crippen molar-refractivity contribution < 1.29 is 31.7 Å². The first kappa shape index (κ1) is 31.6. The van der Waals surface area contributed by atoms with Crippen LogP contribution < -0.4 is 11.1 Å². The highest BCUT2D eigenvalue weighted by molar-refractivity contribution is 7.85. The van der Waals surface area contributed by atoms with Crippen molar-refractivity contribution in [2.24, 2.45) is 5.73 Å². The Kier molecular flexibility index (Phi) is 14.4. The molecule has 3 N–H and O–H groups in total. The number of benzene rings is 1. The summed E-state index contributed by atoms with van der Waals surface area (Å²) in [6, 6.07) is 6.52. The quantitative estimate of drug-likeness (QED) is 0.331. The topological polar surface area (TPSA) is 102 Å². The van der Waals surface area contributed by atoms with Gasteiger partial charge in [0.15, 0.2) is 0 Å². The lowest BCUT2D eigenvalue weighted by molar-refractivity contribution is -0.135. The molecule has 0 aliphatic carbocycles. The van der Waals surface area contributed by atoms with Gasteiger partial charge in [-0.15, -0.1) is 0 Å². The van der Waals surface area contributed by atoms with E-state index in [1.807, 2.05) is 31.2 Å². The molecule has 7 nitrogen and oxygen atoms in total. The van der Waals surface area contributed by atoms with Crippen molar-refractivity contribution in [1.82, 2.24) is 10.2 Å². The normalized spacial score (nSPS) is 13.7. The SMILES string of the molecule is C/C=C(\C)COC(=O)N[C@H](CS(=O)CCCC(F)(F)F)C(=O)N(CCCN)Cc1cccc(CC)c1. The number of alkyl carbamates (subject to hydrolysis) is 1. The van der Waals surface area contributed by atoms with Crippen molar-refractivity contribution >= 4 is 22.8 Å². The fourth-order valence-electron chi connectivity index (χ4n) is 3.26. The van der Waals surface area contributed by atoms with Crippen LogP contribution in [0.25, 0.3) is 0 Å². The van der Waals surface area contributed by atoms with E-state index in [9.17, 15) is 27.0 Å². The summed E-state index contributed by atoms with van der Waals surface area (Å²) in [6.45, 7) is 6.48. The fourth-order valence-corrected chi connectivity index (χ4v) is 4.49. The van der Waals surface area contributed by atoms with E-state index in [1.54, 1.807) is 19.9 Å². The molecular formula is C25H38F3N3O4S. The highest BCUT2D eigenvalue weighted by Gasteiger charge is 2.30. The Hall–Kier alpha value is -2.40. The van der Waals surface area contributed by atoms with Gasteiger partial charge >= 0.3 is 12.3 Å². The molecule has 2 amide bonds. The number of carbonyl (C=O) groups is 2. The van der Waals surface area contributed by atoms with Crippen LogP contribution in [-0.4, -0.2) is 64.5 Å². The van der Waals surface area contributed by atoms with Crippen LogP contribution in [0.4, 0.5) is 18.0 Å². The van der Waals surface area contributed by atoms with Gasteiger partial charge in [-0.1, -0.05) is 37.3 Å². The third-order valence-electron chi connectivity index (χ3n) is 5.42. The maximum absolute atomic E-state index is 13.5. The van der Waals surface area contributed by atoms with Crippen LogP contribution >= 0.6 is 0 Å². The first-order valence-electron chi connectivity index (χ1n) is 12.0. The summed E-state index contributed by atoms with van der Waals surface area (Å²) >= 11 is 0. The van der Waals surface area contributed by atoms with Crippen molar-refractivity contribution in [3.63, 3.8) is 0 Å². The Bertz CT molecular complexity index is 894. The van der Waals surface area contributed by atoms with E-state index < -0.39 is 41.4 Å². The molecule has 204 valence electrons. The number of aryl methyl sites for hydroxylation is 1. The third-order valence-corrected chi connectivity index (χ3v) is 6.86. The Morgan fingerprint density at radius 1 is 1.25 bits per heavy atom. The summed E-state index contributed by atoms with van der Waals surface area (Å²) in [5.74, 6) is -1.05. The molecule has 0 radical (unpaired) electrons. The van der Waals surface area contributed by atoms with E-state index in [0.717, 1.165) is 23.1 Å². The van der Waals surface area contributed by atoms with Crippen LogP contribution in [0.1, 0.15) is 51.2 Å². The van der Waals surface area contributed by atoms with Crippen LogP contribution in [0, 0.1) is 0 Å². The molecule has 0 saturated carbocycles. The molecule has 36 heavy (non-hydrogen) atoms. The van der Waals surface area contributed by atoms with E-state index in [0.29, 0.717) is 19.5 Å². The summed E-state index contributed by atoms with van der Waals surface area (Å²) < 4.78 is 55.2. The third kappa shape index (κ3) is 13.1. The zero-order chi connectivity index (χ0) is 27.1. The number of alkyl halides is 3. The van der Waals surface area contributed by atoms with Crippen molar-refractivity contribution in [3.8, 4) is 0 Å². The molecular weight excluding hydrogens is 495 g/mol. The predicted molar refractivity (Wildman–Crippen MR) is 136 cm³/mol. The van der Waals surface area contributed by atoms with Gasteiger partial charge in [0.25, 0.3) is 0 Å². The van der Waals surface area contributed by atoms with Gasteiger partial charge in [0, 0.05) is 36.1 Å². The number of rotatable bonds is 15. The van der Waals surface area contributed by atoms with Gasteiger partial charge in [-0.25, -0.2) is 4.79 Å². The Labute approximate surface area is 214 Å². The maximum Gasteiger partial charge on any atom is 0.408 e. The molecule has 0 aliphatic heterocycles. The number of nitrogens with two attached hydrogens (primary N) is 1. The van der Waals surface area contributed by atoms with Gasteiger partial charge in [-0.2, -0.15) is 13.2 Å². The number of nitrogens with zero attached hydrogens (tertiary/aromatic N) is 1. The summed E-state index contributed by atoms with van der Waals surface area (Å²) in [6.07, 6.45) is -3.51. The van der Waals surface area contributed by atoms with Crippen LogP contribution in [0.2, 0.25) is 0 Å². The minimum atomic E-state index is -4.35. The second kappa shape index (κ2) is 16.4. The van der Waals surface area contributed by atoms with E-state index >= 15 is 0 Å². The zero-order valence-corrected chi connectivity index (χ0v) is 22.1. The van der Waals surface area contributed by atoms with Gasteiger partial charge < -0.3 is 20.7 Å². The van der Waals surface area contributed by atoms with Gasteiger partial charge in [0.1, 0.15) is 12.6 Å². The maximum atomic E-state index is 13.5. The summed E-state index contributed by atoms with van der Waals surface area (Å²) in [4.78, 5) is 27.4. The Morgan fingerprint density at radius 2 is 1.94 bits per heavy atom. The summed E-state index contributed by atoms with van der Waals surface area (Å²) in [7, 11) is -1.76. The molecule has 1 aromatic carbocycles. The molecule has 0 fully saturated rings. The number of carbonyl (C=O) groups excluding carboxylic acids is 2. The van der Waals surface area contributed by atoms with E-state index in [2.05, 4.69) is 5.32 Å². The molecule has 0 bridgehead atoms. The average Bonchev–Trinajstić information content (AvgIpc) is 2.83. The molecule has 0 heterocycles. The van der Waals surface area contributed by atoms with E-state index in [1.165, 1.54) is 4.90 Å². The lowest BCUT2D eigenvalue weighted by atomic mass is 10.1. The number of halogens is 3. The molecule has 1 unspecified atom stereocenters. The van der Waals surface area contributed by atoms with E-state index in [4.69, 9.17) is 10.5 Å². The summed E-state index contributed by atoms with van der Waals surface area (Å²) in [5.41, 5.74) is 8.43. The number of hydrogen-bond donors (Lipinski definition) is 2. The highest BCUT2D eigenvalue weighted by atomic mass is 32.2. The first-order valence-corrected chi connectivity index (χ1v) is 13.5. The van der Waals surface area contributed by atoms with Crippen LogP contribution in [0.5, 0.6) is 0 Å². The summed E-state index contributed by atoms with van der Waals surface area (Å²) in [5, 5.41) is 2.47. The monoisotopic (exact) mass is 533 g/mol. The van der Waals surface area contributed by atoms with Gasteiger partial charge in [-0.05, 0) is 56.4 Å². The largest absolute Gasteiger partial charge is 0.445 e. The number of allylic oxidation sites excluding steroid dienone is 1. The lowest BCUT2D eigenvalue weighted by Crippen LogP contribution is -2.51. The number of amides is 2. The van der Waals surface area contributed by atoms with Crippen LogP contribution in [0.3, 0.4) is 0 Å². The van der Waals surface area contributed by atoms with E-state index in [-0.39, 0.29) is 31.1 Å². The second-order valence-corrected chi connectivity index (χ2v) is 10.1. The van der Waals surface area contributed by atoms with Crippen molar-refractivity contribution in [1.29, 1.82) is 0 Å². The smallest absolute Gasteiger partial charge is 0.408 e. The van der Waals surface area contributed by atoms with Crippen molar-refractivity contribution in [3.05, 3.63) is 47.0 Å². The molecule has 1 aromatic rings. The van der Waals surface area contributed by atoms with Gasteiger partial charge in [0.2, 0.25) is 5.91 Å². The molecule has 0 spiro atoms. The average molecular weight is 534 g/mol. The molecule has 0 saturated heterocycles. The Morgan fingerprint density at radius 3 is 2.56 bits per heavy atom. The molecule has 11 heteroatoms. The van der Waals surface area contributed by atoms with Crippen LogP contribution in [0.15, 0.2) is 35.9 Å². The standard InChI is InChI=1S/C25H38F3N3O4S/c1-4-19(3)17-35-24(33)30-22(18-36(34)14-7-11-25(26,27)28)23(32)31(13-8-12-29)16-21-10-6-9-20(5-2)15-21/h4,6,9-10,15,22H,5,7-8,11-14,16-18,29H2,1-3H3,(H,30,33)/b19-4+/t22-,36?/m1/s1. The second-order valence-electron chi connectivity index (χ2n) is 8.51. The zero-order valence-electron chi connectivity index (χ0n) is 21.2. The molecule has 1 rings (SSSR count). The first-order chi connectivity index (χ1) is 17.0. The number of hydrogen-bond acceptors (Lipinski definition) is 5. The van der Waals surface area contributed by atoms with Gasteiger partial charge in [-0.3, -0.25) is 9.00 Å². The van der Waals surface area contributed by atoms with Gasteiger partial charge in [0.05, 0.1) is 5.75 Å². The molecule has 0 aromatic heterocycles. The molecule has 0 aliphatic rings. The van der Waals surface area contributed by atoms with Crippen LogP contribution in [-0.2, 0) is 33.3 Å². The fraction of sp³-hybridized carbons (Fsp3) is 0.600. The minimum absolute atomic E-state index is 0.0125. The molecule has 2 atom stereocenters. The Balaban J connectivity index is 3.05. The number of nitrogens with one attached hydrogen (secondary N) is 1. The lowest BCUT2D eigenvalue weighted by Gasteiger charge is -2.28. The van der Waals surface area contributed by atoms with Crippen molar-refractivity contribution in [2.45, 2.75) is 65.2 Å². The minimum Gasteiger partial charge on any atom is -0.445 e. The number of ether oxygens (including phenoxy) is 1.